The second-order valence-electron chi connectivity index (χ2n) is 5.49. The van der Waals surface area contributed by atoms with Gasteiger partial charge < -0.3 is 9.64 Å². The van der Waals surface area contributed by atoms with E-state index in [0.717, 1.165) is 5.69 Å². The maximum atomic E-state index is 11.6. The first-order valence-electron chi connectivity index (χ1n) is 7.03. The smallest absolute Gasteiger partial charge is 0.337 e. The topological polar surface area (TPSA) is 29.5 Å². The molecule has 1 fully saturated rings. The Morgan fingerprint density at radius 1 is 1.21 bits per heavy atom. The molecule has 1 aliphatic rings. The van der Waals surface area contributed by atoms with E-state index in [1.165, 1.54) is 44.8 Å². The first-order valence-corrected chi connectivity index (χ1v) is 7.03. The van der Waals surface area contributed by atoms with Gasteiger partial charge in [0, 0.05) is 19.8 Å². The minimum Gasteiger partial charge on any atom is -0.465 e. The number of carbonyl (C=O) groups excluding carboxylic acids is 1. The predicted octanol–water partition coefficient (Wildman–Crippen LogP) is 3.59. The minimum absolute atomic E-state index is 0.265. The molecule has 1 aromatic carbocycles. The molecule has 0 N–H and O–H groups in total. The third kappa shape index (κ3) is 3.09. The molecule has 104 valence electrons. The molecule has 2 rings (SSSR count). The van der Waals surface area contributed by atoms with E-state index in [4.69, 9.17) is 4.74 Å². The molecule has 1 saturated carbocycles. The van der Waals surface area contributed by atoms with Crippen LogP contribution < -0.4 is 4.90 Å². The van der Waals surface area contributed by atoms with Crippen molar-refractivity contribution in [2.75, 3.05) is 26.1 Å². The van der Waals surface area contributed by atoms with Gasteiger partial charge in [0.1, 0.15) is 0 Å². The minimum atomic E-state index is -0.265. The first-order chi connectivity index (χ1) is 9.13. The lowest BCUT2D eigenvalue weighted by Crippen LogP contribution is -2.16. The zero-order valence-corrected chi connectivity index (χ0v) is 12.1. The van der Waals surface area contributed by atoms with Crippen molar-refractivity contribution in [3.8, 4) is 0 Å². The van der Waals surface area contributed by atoms with Gasteiger partial charge >= 0.3 is 5.97 Å². The average Bonchev–Trinajstić information content (AvgIpc) is 2.46. The Balaban J connectivity index is 2.34. The lowest BCUT2D eigenvalue weighted by Gasteiger charge is -2.27. The number of hydrogen-bond donors (Lipinski definition) is 0. The number of esters is 1. The summed E-state index contributed by atoms with van der Waals surface area (Å²) in [5.74, 6) is 0.371. The second-order valence-corrected chi connectivity index (χ2v) is 5.49. The lowest BCUT2D eigenvalue weighted by atomic mass is 9.83. The summed E-state index contributed by atoms with van der Waals surface area (Å²) < 4.78 is 4.80. The van der Waals surface area contributed by atoms with Gasteiger partial charge in [0.15, 0.2) is 0 Å². The van der Waals surface area contributed by atoms with Crippen molar-refractivity contribution >= 4 is 11.7 Å². The fraction of sp³-hybridized carbons (Fsp3) is 0.562. The van der Waals surface area contributed by atoms with E-state index >= 15 is 0 Å². The van der Waals surface area contributed by atoms with Crippen LogP contribution in [0.4, 0.5) is 5.69 Å². The molecule has 0 heterocycles. The van der Waals surface area contributed by atoms with Crippen LogP contribution in [-0.2, 0) is 4.74 Å². The first kappa shape index (κ1) is 13.9. The number of carbonyl (C=O) groups is 1. The highest BCUT2D eigenvalue weighted by molar-refractivity contribution is 5.90. The Hall–Kier alpha value is -1.51. The molecule has 3 nitrogen and oxygen atoms in total. The van der Waals surface area contributed by atoms with Gasteiger partial charge in [0.2, 0.25) is 0 Å². The van der Waals surface area contributed by atoms with Crippen molar-refractivity contribution in [2.24, 2.45) is 0 Å². The van der Waals surface area contributed by atoms with E-state index in [-0.39, 0.29) is 5.97 Å². The van der Waals surface area contributed by atoms with Crippen molar-refractivity contribution in [1.29, 1.82) is 0 Å². The van der Waals surface area contributed by atoms with Gasteiger partial charge in [-0.05, 0) is 36.5 Å². The van der Waals surface area contributed by atoms with Gasteiger partial charge in [-0.25, -0.2) is 4.79 Å². The molecular weight excluding hydrogens is 238 g/mol. The van der Waals surface area contributed by atoms with Crippen molar-refractivity contribution in [1.82, 2.24) is 0 Å². The quantitative estimate of drug-likeness (QED) is 0.779. The van der Waals surface area contributed by atoms with Crippen molar-refractivity contribution < 1.29 is 9.53 Å². The summed E-state index contributed by atoms with van der Waals surface area (Å²) >= 11 is 0. The fourth-order valence-electron chi connectivity index (χ4n) is 2.93. The highest BCUT2D eigenvalue weighted by atomic mass is 16.5. The second kappa shape index (κ2) is 6.09. The largest absolute Gasteiger partial charge is 0.465 e. The molecule has 0 unspecified atom stereocenters. The van der Waals surface area contributed by atoms with Crippen LogP contribution in [0.2, 0.25) is 0 Å². The summed E-state index contributed by atoms with van der Waals surface area (Å²) in [7, 11) is 5.48. The third-order valence-electron chi connectivity index (χ3n) is 3.98. The Kier molecular flexibility index (Phi) is 4.46. The SMILES string of the molecule is COC(=O)c1ccc(C2CCCCC2)c(N(C)C)c1. The summed E-state index contributed by atoms with van der Waals surface area (Å²) in [5.41, 5.74) is 3.15. The molecule has 3 heteroatoms. The van der Waals surface area contributed by atoms with Crippen LogP contribution in [0.3, 0.4) is 0 Å². The summed E-state index contributed by atoms with van der Waals surface area (Å²) in [5, 5.41) is 0. The van der Waals surface area contributed by atoms with E-state index in [1.54, 1.807) is 0 Å². The van der Waals surface area contributed by atoms with E-state index in [1.807, 2.05) is 26.2 Å². The number of anilines is 1. The van der Waals surface area contributed by atoms with Crippen LogP contribution in [0.15, 0.2) is 18.2 Å². The Bertz CT molecular complexity index is 448. The van der Waals surface area contributed by atoms with Gasteiger partial charge in [-0.1, -0.05) is 25.3 Å². The van der Waals surface area contributed by atoms with E-state index in [9.17, 15) is 4.79 Å². The zero-order valence-electron chi connectivity index (χ0n) is 12.1. The van der Waals surface area contributed by atoms with Crippen LogP contribution >= 0.6 is 0 Å². The number of nitrogens with zero attached hydrogens (tertiary/aromatic N) is 1. The normalized spacial score (nSPS) is 16.2. The molecule has 0 radical (unpaired) electrons. The number of ether oxygens (including phenoxy) is 1. The van der Waals surface area contributed by atoms with E-state index in [0.29, 0.717) is 11.5 Å². The molecule has 1 aromatic rings. The fourth-order valence-corrected chi connectivity index (χ4v) is 2.93. The van der Waals surface area contributed by atoms with Crippen LogP contribution in [0.1, 0.15) is 53.9 Å². The van der Waals surface area contributed by atoms with Crippen LogP contribution in [0.5, 0.6) is 0 Å². The predicted molar refractivity (Wildman–Crippen MR) is 77.9 cm³/mol. The van der Waals surface area contributed by atoms with Crippen LogP contribution in [0.25, 0.3) is 0 Å². The number of methoxy groups -OCH3 is 1. The molecule has 0 spiro atoms. The Labute approximate surface area is 115 Å². The average molecular weight is 261 g/mol. The summed E-state index contributed by atoms with van der Waals surface area (Å²) in [4.78, 5) is 13.7. The maximum absolute atomic E-state index is 11.6. The summed E-state index contributed by atoms with van der Waals surface area (Å²) in [6.45, 7) is 0. The zero-order chi connectivity index (χ0) is 13.8. The van der Waals surface area contributed by atoms with Crippen LogP contribution in [-0.4, -0.2) is 27.2 Å². The van der Waals surface area contributed by atoms with Gasteiger partial charge in [-0.15, -0.1) is 0 Å². The molecular formula is C16H23NO2. The highest BCUT2D eigenvalue weighted by Crippen LogP contribution is 2.37. The standard InChI is InChI=1S/C16H23NO2/c1-17(2)15-11-13(16(18)19-3)9-10-14(15)12-7-5-4-6-8-12/h9-12H,4-8H2,1-3H3. The summed E-state index contributed by atoms with van der Waals surface area (Å²) in [6, 6.07) is 5.95. The molecule has 0 amide bonds. The number of benzene rings is 1. The molecule has 19 heavy (non-hydrogen) atoms. The van der Waals surface area contributed by atoms with Crippen LogP contribution in [0, 0.1) is 0 Å². The van der Waals surface area contributed by atoms with E-state index in [2.05, 4.69) is 11.0 Å². The van der Waals surface area contributed by atoms with Crippen molar-refractivity contribution in [3.63, 3.8) is 0 Å². The molecule has 0 atom stereocenters. The van der Waals surface area contributed by atoms with Gasteiger partial charge in [0.05, 0.1) is 12.7 Å². The van der Waals surface area contributed by atoms with Crippen molar-refractivity contribution in [2.45, 2.75) is 38.0 Å². The number of hydrogen-bond acceptors (Lipinski definition) is 3. The Morgan fingerprint density at radius 3 is 2.47 bits per heavy atom. The van der Waals surface area contributed by atoms with Gasteiger partial charge in [0.25, 0.3) is 0 Å². The summed E-state index contributed by atoms with van der Waals surface area (Å²) in [6.07, 6.45) is 6.51. The lowest BCUT2D eigenvalue weighted by molar-refractivity contribution is 0.0601. The maximum Gasteiger partial charge on any atom is 0.337 e. The third-order valence-corrected chi connectivity index (χ3v) is 3.98. The van der Waals surface area contributed by atoms with E-state index < -0.39 is 0 Å². The van der Waals surface area contributed by atoms with Gasteiger partial charge in [-0.3, -0.25) is 0 Å². The molecule has 0 saturated heterocycles. The molecule has 0 bridgehead atoms. The van der Waals surface area contributed by atoms with Crippen molar-refractivity contribution in [3.05, 3.63) is 29.3 Å². The number of rotatable bonds is 3. The molecule has 0 aliphatic heterocycles. The van der Waals surface area contributed by atoms with Gasteiger partial charge in [-0.2, -0.15) is 0 Å². The Morgan fingerprint density at radius 2 is 1.89 bits per heavy atom. The monoisotopic (exact) mass is 261 g/mol. The highest BCUT2D eigenvalue weighted by Gasteiger charge is 2.20. The molecule has 0 aromatic heterocycles. The molecule has 1 aliphatic carbocycles.